The molecule has 0 saturated carbocycles. The molecule has 1 aliphatic heterocycles. The predicted octanol–water partition coefficient (Wildman–Crippen LogP) is 1.30. The number of Topliss-reactive ketones (excluding diaryl/α,β-unsaturated/α-hetero) is 1. The molecule has 25 heavy (non-hydrogen) atoms. The molecule has 134 valence electrons. The van der Waals surface area contributed by atoms with Crippen molar-refractivity contribution in [2.75, 3.05) is 6.54 Å². The lowest BCUT2D eigenvalue weighted by atomic mass is 9.97. The summed E-state index contributed by atoms with van der Waals surface area (Å²) in [5.41, 5.74) is 1.11. The molecule has 0 bridgehead atoms. The summed E-state index contributed by atoms with van der Waals surface area (Å²) in [5.74, 6) is 5.51. The number of piperidine rings is 1. The molecule has 9 heteroatoms. The van der Waals surface area contributed by atoms with E-state index in [1.807, 2.05) is 0 Å². The summed E-state index contributed by atoms with van der Waals surface area (Å²) < 4.78 is 2.33. The lowest BCUT2D eigenvalue weighted by Gasteiger charge is -2.28. The van der Waals surface area contributed by atoms with Gasteiger partial charge in [-0.2, -0.15) is 5.10 Å². The second-order valence-electron chi connectivity index (χ2n) is 6.12. The number of nitrogens with two attached hydrogens (primary N) is 1. The molecule has 1 fully saturated rings. The van der Waals surface area contributed by atoms with Crippen LogP contribution in [-0.2, 0) is 11.3 Å². The van der Waals surface area contributed by atoms with Gasteiger partial charge in [-0.3, -0.25) is 4.79 Å². The van der Waals surface area contributed by atoms with Gasteiger partial charge in [0, 0.05) is 22.3 Å². The fraction of sp³-hybridized carbons (Fsp3) is 0.438. The van der Waals surface area contributed by atoms with Gasteiger partial charge in [-0.1, -0.05) is 11.6 Å². The summed E-state index contributed by atoms with van der Waals surface area (Å²) in [4.78, 5) is 16.8. The van der Waals surface area contributed by atoms with Gasteiger partial charge in [0.15, 0.2) is 11.3 Å². The summed E-state index contributed by atoms with van der Waals surface area (Å²) in [7, 11) is 0. The number of ketones is 1. The van der Waals surface area contributed by atoms with Gasteiger partial charge in [-0.05, 0) is 47.4 Å². The topological polar surface area (TPSA) is 106 Å². The zero-order valence-corrected chi connectivity index (χ0v) is 15.8. The molecule has 1 aromatic heterocycles. The Hall–Kier alpha value is -1.48. The molecule has 3 rings (SSSR count). The van der Waals surface area contributed by atoms with Crippen LogP contribution in [0.3, 0.4) is 0 Å². The number of hydrogen-bond acceptors (Lipinski definition) is 6. The van der Waals surface area contributed by atoms with Crippen LogP contribution in [0.25, 0.3) is 10.9 Å². The zero-order chi connectivity index (χ0) is 18.0. The molecule has 4 N–H and O–H groups in total. The van der Waals surface area contributed by atoms with Crippen LogP contribution in [-0.4, -0.2) is 39.1 Å². The predicted molar refractivity (Wildman–Crippen MR) is 98.8 cm³/mol. The van der Waals surface area contributed by atoms with Crippen LogP contribution in [0.5, 0.6) is 0 Å². The summed E-state index contributed by atoms with van der Waals surface area (Å²) >= 11 is 9.51. The van der Waals surface area contributed by atoms with Gasteiger partial charge in [0.25, 0.3) is 0 Å². The maximum atomic E-state index is 12.4. The van der Waals surface area contributed by atoms with Crippen LogP contribution in [0.1, 0.15) is 19.3 Å². The van der Waals surface area contributed by atoms with Crippen LogP contribution in [0.2, 0.25) is 5.02 Å². The van der Waals surface area contributed by atoms with Crippen molar-refractivity contribution in [1.82, 2.24) is 14.9 Å². The molecule has 1 saturated heterocycles. The number of aliphatic hydroxyl groups excluding tert-OH is 1. The van der Waals surface area contributed by atoms with E-state index in [0.717, 1.165) is 17.4 Å². The van der Waals surface area contributed by atoms with Crippen molar-refractivity contribution < 1.29 is 9.90 Å². The highest BCUT2D eigenvalue weighted by molar-refractivity contribution is 9.10. The molecule has 7 nitrogen and oxygen atoms in total. The van der Waals surface area contributed by atoms with E-state index in [0.29, 0.717) is 27.8 Å². The largest absolute Gasteiger partial charge is 0.391 e. The van der Waals surface area contributed by atoms with Crippen molar-refractivity contribution in [3.05, 3.63) is 33.4 Å². The minimum Gasteiger partial charge on any atom is -0.391 e. The minimum atomic E-state index is -0.493. The summed E-state index contributed by atoms with van der Waals surface area (Å²) in [6, 6.07) is 3.28. The maximum absolute atomic E-state index is 12.4. The molecule has 1 aromatic carbocycles. The van der Waals surface area contributed by atoms with Crippen molar-refractivity contribution in [3.63, 3.8) is 0 Å². The number of halogens is 2. The third-order valence-corrected chi connectivity index (χ3v) is 5.55. The number of nitrogens with zero attached hydrogens (tertiary/aromatic N) is 3. The van der Waals surface area contributed by atoms with Crippen LogP contribution in [0, 0.1) is 0 Å². The van der Waals surface area contributed by atoms with Gasteiger partial charge in [-0.15, -0.1) is 0 Å². The first kappa shape index (κ1) is 18.3. The Morgan fingerprint density at radius 3 is 3.08 bits per heavy atom. The first-order chi connectivity index (χ1) is 12.0. The van der Waals surface area contributed by atoms with E-state index in [1.54, 1.807) is 16.7 Å². The SMILES string of the molecule is NN=c1c2cc(Cl)c(Br)cc2ncn1CC(=O)CC1NCCCC1O. The summed E-state index contributed by atoms with van der Waals surface area (Å²) in [5, 5.41) is 18.2. The normalized spacial score (nSPS) is 21.6. The van der Waals surface area contributed by atoms with Crippen molar-refractivity contribution >= 4 is 44.2 Å². The highest BCUT2D eigenvalue weighted by Crippen LogP contribution is 2.25. The van der Waals surface area contributed by atoms with Crippen molar-refractivity contribution in [2.45, 2.75) is 38.0 Å². The van der Waals surface area contributed by atoms with E-state index < -0.39 is 6.10 Å². The molecule has 0 spiro atoms. The number of carbonyl (C=O) groups is 1. The first-order valence-electron chi connectivity index (χ1n) is 8.01. The monoisotopic (exact) mass is 427 g/mol. The average Bonchev–Trinajstić information content (AvgIpc) is 2.58. The Bertz CT molecular complexity index is 869. The lowest BCUT2D eigenvalue weighted by Crippen LogP contribution is -2.46. The molecule has 1 aliphatic rings. The highest BCUT2D eigenvalue weighted by Gasteiger charge is 2.24. The molecular weight excluding hydrogens is 410 g/mol. The van der Waals surface area contributed by atoms with E-state index in [4.69, 9.17) is 17.4 Å². The van der Waals surface area contributed by atoms with E-state index >= 15 is 0 Å². The first-order valence-corrected chi connectivity index (χ1v) is 9.18. The Labute approximate surface area is 158 Å². The molecular formula is C16H19BrClN5O2. The molecule has 0 aliphatic carbocycles. The number of carbonyl (C=O) groups excluding carboxylic acids is 1. The average molecular weight is 429 g/mol. The minimum absolute atomic E-state index is 0.0299. The van der Waals surface area contributed by atoms with Gasteiger partial charge in [0.1, 0.15) is 0 Å². The standard InChI is InChI=1S/C16H19BrClN5O2/c17-11-6-13-10(5-12(11)18)16(22-19)23(8-21-13)7-9(24)4-14-15(25)2-1-3-20-14/h5-6,8,14-15,20,25H,1-4,7,19H2. The van der Waals surface area contributed by atoms with Crippen LogP contribution in [0.15, 0.2) is 28.0 Å². The molecule has 0 amide bonds. The molecule has 2 heterocycles. The smallest absolute Gasteiger partial charge is 0.163 e. The fourth-order valence-corrected chi connectivity index (χ4v) is 3.56. The number of fused-ring (bicyclic) bond motifs is 1. The molecule has 2 atom stereocenters. The second-order valence-corrected chi connectivity index (χ2v) is 7.38. The number of benzene rings is 1. The van der Waals surface area contributed by atoms with Gasteiger partial charge in [0.05, 0.1) is 29.5 Å². The van der Waals surface area contributed by atoms with E-state index in [1.165, 1.54) is 6.33 Å². The van der Waals surface area contributed by atoms with Crippen LogP contribution >= 0.6 is 27.5 Å². The van der Waals surface area contributed by atoms with Gasteiger partial charge >= 0.3 is 0 Å². The molecule has 2 unspecified atom stereocenters. The quantitative estimate of drug-likeness (QED) is 0.503. The number of rotatable bonds is 4. The van der Waals surface area contributed by atoms with Gasteiger partial charge in [0.2, 0.25) is 0 Å². The van der Waals surface area contributed by atoms with Gasteiger partial charge < -0.3 is 20.8 Å². The summed E-state index contributed by atoms with van der Waals surface area (Å²) in [6.45, 7) is 0.897. The fourth-order valence-electron chi connectivity index (χ4n) is 3.07. The second kappa shape index (κ2) is 7.82. The number of aromatic nitrogens is 2. The van der Waals surface area contributed by atoms with Gasteiger partial charge in [-0.25, -0.2) is 4.98 Å². The number of hydrogen-bond donors (Lipinski definition) is 3. The van der Waals surface area contributed by atoms with Crippen LogP contribution in [0.4, 0.5) is 0 Å². The van der Waals surface area contributed by atoms with E-state index in [-0.39, 0.29) is 24.8 Å². The number of nitrogens with one attached hydrogen (secondary N) is 1. The zero-order valence-electron chi connectivity index (χ0n) is 13.5. The third-order valence-electron chi connectivity index (χ3n) is 4.35. The molecule has 2 aromatic rings. The Morgan fingerprint density at radius 2 is 2.36 bits per heavy atom. The van der Waals surface area contributed by atoms with Crippen molar-refractivity contribution in [1.29, 1.82) is 0 Å². The highest BCUT2D eigenvalue weighted by atomic mass is 79.9. The third kappa shape index (κ3) is 4.03. The van der Waals surface area contributed by atoms with Crippen molar-refractivity contribution in [2.24, 2.45) is 10.9 Å². The van der Waals surface area contributed by atoms with E-state index in [9.17, 15) is 9.90 Å². The van der Waals surface area contributed by atoms with E-state index in [2.05, 4.69) is 31.3 Å². The Kier molecular flexibility index (Phi) is 5.73. The maximum Gasteiger partial charge on any atom is 0.163 e. The lowest BCUT2D eigenvalue weighted by molar-refractivity contribution is -0.121. The van der Waals surface area contributed by atoms with Crippen LogP contribution < -0.4 is 16.6 Å². The molecule has 0 radical (unpaired) electrons. The Balaban J connectivity index is 1.86. The number of aliphatic hydroxyl groups is 1. The Morgan fingerprint density at radius 1 is 1.56 bits per heavy atom. The summed E-state index contributed by atoms with van der Waals surface area (Å²) in [6.07, 6.45) is 2.93. The van der Waals surface area contributed by atoms with Crippen molar-refractivity contribution in [3.8, 4) is 0 Å².